The zero-order chi connectivity index (χ0) is 20.3. The molecule has 2 aliphatic heterocycles. The fourth-order valence-corrected chi connectivity index (χ4v) is 4.33. The SMILES string of the molecule is CCNC(=NCC1CCCN1Cc1ccccc1)NCCN1CCN(CC)CC1.I. The largest absolute Gasteiger partial charge is 0.357 e. The quantitative estimate of drug-likeness (QED) is 0.293. The normalized spacial score (nSPS) is 21.4. The molecule has 0 spiro atoms. The summed E-state index contributed by atoms with van der Waals surface area (Å²) < 4.78 is 0. The van der Waals surface area contributed by atoms with Crippen molar-refractivity contribution in [1.29, 1.82) is 0 Å². The van der Waals surface area contributed by atoms with Gasteiger partial charge in [0, 0.05) is 58.4 Å². The van der Waals surface area contributed by atoms with E-state index in [1.165, 1.54) is 57.7 Å². The van der Waals surface area contributed by atoms with Gasteiger partial charge >= 0.3 is 0 Å². The molecule has 0 amide bonds. The highest BCUT2D eigenvalue weighted by molar-refractivity contribution is 14.0. The molecule has 7 heteroatoms. The summed E-state index contributed by atoms with van der Waals surface area (Å²) in [7, 11) is 0. The van der Waals surface area contributed by atoms with E-state index in [0.29, 0.717) is 6.04 Å². The number of likely N-dealkylation sites (tertiary alicyclic amines) is 1. The lowest BCUT2D eigenvalue weighted by Gasteiger charge is -2.34. The molecule has 3 rings (SSSR count). The lowest BCUT2D eigenvalue weighted by molar-refractivity contribution is 0.139. The van der Waals surface area contributed by atoms with Crippen molar-refractivity contribution >= 4 is 29.9 Å². The average molecular weight is 529 g/mol. The van der Waals surface area contributed by atoms with Gasteiger partial charge in [-0.15, -0.1) is 24.0 Å². The van der Waals surface area contributed by atoms with Crippen molar-refractivity contribution in [1.82, 2.24) is 25.3 Å². The number of rotatable bonds is 9. The highest BCUT2D eigenvalue weighted by Crippen LogP contribution is 2.20. The van der Waals surface area contributed by atoms with E-state index in [1.54, 1.807) is 0 Å². The van der Waals surface area contributed by atoms with Crippen LogP contribution in [0.15, 0.2) is 35.3 Å². The number of guanidine groups is 1. The molecular formula is C23H41IN6. The Labute approximate surface area is 200 Å². The Morgan fingerprint density at radius 1 is 1.00 bits per heavy atom. The van der Waals surface area contributed by atoms with Gasteiger partial charge in [0.15, 0.2) is 5.96 Å². The minimum absolute atomic E-state index is 0. The molecule has 2 N–H and O–H groups in total. The second-order valence-corrected chi connectivity index (χ2v) is 8.17. The van der Waals surface area contributed by atoms with E-state index in [4.69, 9.17) is 4.99 Å². The number of piperazine rings is 1. The summed E-state index contributed by atoms with van der Waals surface area (Å²) in [4.78, 5) is 12.6. The van der Waals surface area contributed by atoms with Crippen LogP contribution in [-0.2, 0) is 6.54 Å². The van der Waals surface area contributed by atoms with Crippen LogP contribution in [0.3, 0.4) is 0 Å². The zero-order valence-electron chi connectivity index (χ0n) is 18.9. The van der Waals surface area contributed by atoms with Crippen LogP contribution >= 0.6 is 24.0 Å². The molecule has 1 atom stereocenters. The fraction of sp³-hybridized carbons (Fsp3) is 0.696. The predicted octanol–water partition coefficient (Wildman–Crippen LogP) is 2.46. The zero-order valence-corrected chi connectivity index (χ0v) is 21.2. The summed E-state index contributed by atoms with van der Waals surface area (Å²) in [5.74, 6) is 0.964. The summed E-state index contributed by atoms with van der Waals surface area (Å²) in [6, 6.07) is 11.4. The first-order chi connectivity index (χ1) is 14.3. The maximum atomic E-state index is 4.92. The molecule has 0 saturated carbocycles. The van der Waals surface area contributed by atoms with Crippen molar-refractivity contribution < 1.29 is 0 Å². The van der Waals surface area contributed by atoms with Crippen molar-refractivity contribution in [2.75, 3.05) is 65.4 Å². The van der Waals surface area contributed by atoms with Gasteiger partial charge < -0.3 is 15.5 Å². The number of likely N-dealkylation sites (N-methyl/N-ethyl adjacent to an activating group) is 1. The van der Waals surface area contributed by atoms with Gasteiger partial charge in [0.1, 0.15) is 0 Å². The van der Waals surface area contributed by atoms with Crippen LogP contribution in [0, 0.1) is 0 Å². The second-order valence-electron chi connectivity index (χ2n) is 8.17. The summed E-state index contributed by atoms with van der Waals surface area (Å²) in [5.41, 5.74) is 1.40. The van der Waals surface area contributed by atoms with E-state index in [1.807, 2.05) is 0 Å². The van der Waals surface area contributed by atoms with Crippen LogP contribution in [-0.4, -0.2) is 92.1 Å². The van der Waals surface area contributed by atoms with Crippen LogP contribution in [0.4, 0.5) is 0 Å². The Balaban J connectivity index is 0.00000320. The first-order valence-corrected chi connectivity index (χ1v) is 11.5. The Bertz CT molecular complexity index is 603. The smallest absolute Gasteiger partial charge is 0.191 e. The van der Waals surface area contributed by atoms with Crippen molar-refractivity contribution in [2.45, 2.75) is 39.3 Å². The van der Waals surface area contributed by atoms with Gasteiger partial charge in [-0.1, -0.05) is 37.3 Å². The fourth-order valence-electron chi connectivity index (χ4n) is 4.33. The number of aliphatic imine (C=N–C) groups is 1. The van der Waals surface area contributed by atoms with E-state index in [-0.39, 0.29) is 24.0 Å². The van der Waals surface area contributed by atoms with Crippen molar-refractivity contribution in [2.24, 2.45) is 4.99 Å². The summed E-state index contributed by atoms with van der Waals surface area (Å²) in [6.07, 6.45) is 2.53. The predicted molar refractivity (Wildman–Crippen MR) is 138 cm³/mol. The van der Waals surface area contributed by atoms with Crippen LogP contribution < -0.4 is 10.6 Å². The molecule has 30 heavy (non-hydrogen) atoms. The Morgan fingerprint density at radius 3 is 2.43 bits per heavy atom. The topological polar surface area (TPSA) is 46.1 Å². The molecular weight excluding hydrogens is 487 g/mol. The third-order valence-corrected chi connectivity index (χ3v) is 6.16. The molecule has 0 bridgehead atoms. The van der Waals surface area contributed by atoms with Crippen molar-refractivity contribution in [3.8, 4) is 0 Å². The first-order valence-electron chi connectivity index (χ1n) is 11.5. The standard InChI is InChI=1S/C23H40N6.HI/c1-3-24-23(25-12-14-28-17-15-27(4-2)16-18-28)26-19-22-11-8-13-29(22)20-21-9-6-5-7-10-21;/h5-7,9-10,22H,3-4,8,11-20H2,1-2H3,(H2,24,25,26);1H. The van der Waals surface area contributed by atoms with Crippen LogP contribution in [0.25, 0.3) is 0 Å². The Hall–Kier alpha value is -0.900. The average Bonchev–Trinajstić information content (AvgIpc) is 3.20. The van der Waals surface area contributed by atoms with Crippen molar-refractivity contribution in [3.63, 3.8) is 0 Å². The number of halogens is 1. The third-order valence-electron chi connectivity index (χ3n) is 6.16. The first kappa shape index (κ1) is 25.4. The highest BCUT2D eigenvalue weighted by Gasteiger charge is 2.24. The van der Waals surface area contributed by atoms with Crippen LogP contribution in [0.2, 0.25) is 0 Å². The van der Waals surface area contributed by atoms with Gasteiger partial charge in [-0.2, -0.15) is 0 Å². The molecule has 2 aliphatic rings. The van der Waals surface area contributed by atoms with E-state index in [2.05, 4.69) is 69.5 Å². The molecule has 2 fully saturated rings. The maximum Gasteiger partial charge on any atom is 0.191 e. The molecule has 2 heterocycles. The molecule has 170 valence electrons. The van der Waals surface area contributed by atoms with E-state index >= 15 is 0 Å². The molecule has 1 aromatic rings. The molecule has 1 aromatic carbocycles. The van der Waals surface area contributed by atoms with E-state index < -0.39 is 0 Å². The Kier molecular flexibility index (Phi) is 12.0. The van der Waals surface area contributed by atoms with Gasteiger partial charge in [-0.05, 0) is 38.4 Å². The monoisotopic (exact) mass is 528 g/mol. The van der Waals surface area contributed by atoms with Crippen molar-refractivity contribution in [3.05, 3.63) is 35.9 Å². The maximum absolute atomic E-state index is 4.92. The number of nitrogens with zero attached hydrogens (tertiary/aromatic N) is 4. The van der Waals surface area contributed by atoms with Gasteiger partial charge in [0.2, 0.25) is 0 Å². The van der Waals surface area contributed by atoms with Crippen LogP contribution in [0.5, 0.6) is 0 Å². The summed E-state index contributed by atoms with van der Waals surface area (Å²) in [6.45, 7) is 16.4. The molecule has 0 radical (unpaired) electrons. The van der Waals surface area contributed by atoms with Crippen LogP contribution in [0.1, 0.15) is 32.3 Å². The number of benzene rings is 1. The minimum Gasteiger partial charge on any atom is -0.357 e. The Morgan fingerprint density at radius 2 is 1.73 bits per heavy atom. The highest BCUT2D eigenvalue weighted by atomic mass is 127. The third kappa shape index (κ3) is 8.32. The van der Waals surface area contributed by atoms with Gasteiger partial charge in [0.25, 0.3) is 0 Å². The van der Waals surface area contributed by atoms with Gasteiger partial charge in [-0.3, -0.25) is 14.8 Å². The van der Waals surface area contributed by atoms with Gasteiger partial charge in [-0.25, -0.2) is 0 Å². The minimum atomic E-state index is 0. The van der Waals surface area contributed by atoms with Gasteiger partial charge in [0.05, 0.1) is 6.54 Å². The second kappa shape index (κ2) is 14.2. The molecule has 0 aliphatic carbocycles. The number of hydrogen-bond acceptors (Lipinski definition) is 4. The van der Waals surface area contributed by atoms with E-state index in [0.717, 1.165) is 38.7 Å². The lowest BCUT2D eigenvalue weighted by atomic mass is 10.2. The molecule has 6 nitrogen and oxygen atoms in total. The van der Waals surface area contributed by atoms with E-state index in [9.17, 15) is 0 Å². The molecule has 0 aromatic heterocycles. The number of nitrogens with one attached hydrogen (secondary N) is 2. The summed E-state index contributed by atoms with van der Waals surface area (Å²) >= 11 is 0. The molecule has 2 saturated heterocycles. The molecule has 1 unspecified atom stereocenters. The lowest BCUT2D eigenvalue weighted by Crippen LogP contribution is -2.49. The number of hydrogen-bond donors (Lipinski definition) is 2. The summed E-state index contributed by atoms with van der Waals surface area (Å²) in [5, 5.41) is 6.97.